The van der Waals surface area contributed by atoms with Crippen LogP contribution in [-0.2, 0) is 16.0 Å². The third-order valence-corrected chi connectivity index (χ3v) is 5.94. The molecule has 0 saturated carbocycles. The average Bonchev–Trinajstić information content (AvgIpc) is 2.68. The Balaban J connectivity index is 1.57. The topological polar surface area (TPSA) is 52.7 Å². The van der Waals surface area contributed by atoms with E-state index < -0.39 is 0 Å². The van der Waals surface area contributed by atoms with E-state index >= 15 is 0 Å². The fourth-order valence-electron chi connectivity index (χ4n) is 4.43. The summed E-state index contributed by atoms with van der Waals surface area (Å²) in [6.07, 6.45) is 5.49. The molecule has 142 valence electrons. The van der Waals surface area contributed by atoms with Gasteiger partial charge < -0.3 is 15.1 Å². The largest absolute Gasteiger partial charge is 0.359 e. The second-order valence-electron chi connectivity index (χ2n) is 7.85. The number of nitrogens with zero attached hydrogens (tertiary/aromatic N) is 2. The lowest BCUT2D eigenvalue weighted by Gasteiger charge is -2.48. The third kappa shape index (κ3) is 4.85. The Labute approximate surface area is 156 Å². The fraction of sp³-hybridized carbons (Fsp3) is 0.619. The SMILES string of the molecule is CNC(=O)CCN1CCC[C@@]2(CCC(=O)N(CCc3ccccc3)C2)C1. The molecule has 1 aromatic rings. The van der Waals surface area contributed by atoms with E-state index in [0.717, 1.165) is 52.0 Å². The van der Waals surface area contributed by atoms with Gasteiger partial charge in [-0.25, -0.2) is 0 Å². The maximum Gasteiger partial charge on any atom is 0.222 e. The van der Waals surface area contributed by atoms with Gasteiger partial charge in [0.25, 0.3) is 0 Å². The molecule has 2 saturated heterocycles. The summed E-state index contributed by atoms with van der Waals surface area (Å²) in [4.78, 5) is 28.5. The minimum Gasteiger partial charge on any atom is -0.359 e. The number of likely N-dealkylation sites (tertiary alicyclic amines) is 2. The standard InChI is InChI=1S/C21H31N3O2/c1-22-19(25)10-14-23-13-5-11-21(16-23)12-8-20(26)24(17-21)15-9-18-6-3-2-4-7-18/h2-4,6-7H,5,8-17H2,1H3,(H,22,25)/t21-/m1/s1. The molecule has 2 fully saturated rings. The van der Waals surface area contributed by atoms with Crippen molar-refractivity contribution in [2.45, 2.75) is 38.5 Å². The maximum atomic E-state index is 12.4. The van der Waals surface area contributed by atoms with Gasteiger partial charge in [-0.2, -0.15) is 0 Å². The van der Waals surface area contributed by atoms with Crippen LogP contribution in [0.3, 0.4) is 0 Å². The zero-order valence-corrected chi connectivity index (χ0v) is 15.9. The number of hydrogen-bond acceptors (Lipinski definition) is 3. The molecule has 0 bridgehead atoms. The van der Waals surface area contributed by atoms with E-state index in [1.165, 1.54) is 12.0 Å². The summed E-state index contributed by atoms with van der Waals surface area (Å²) in [7, 11) is 1.69. The van der Waals surface area contributed by atoms with Crippen LogP contribution < -0.4 is 5.32 Å². The highest BCUT2D eigenvalue weighted by Gasteiger charge is 2.41. The van der Waals surface area contributed by atoms with Crippen LogP contribution in [0.4, 0.5) is 0 Å². The number of piperidine rings is 2. The highest BCUT2D eigenvalue weighted by molar-refractivity contribution is 5.77. The molecular weight excluding hydrogens is 326 g/mol. The van der Waals surface area contributed by atoms with E-state index in [1.54, 1.807) is 7.05 Å². The lowest BCUT2D eigenvalue weighted by molar-refractivity contribution is -0.139. The second kappa shape index (κ2) is 8.67. The van der Waals surface area contributed by atoms with Gasteiger partial charge in [0.15, 0.2) is 0 Å². The molecule has 2 aliphatic rings. The first-order valence-electron chi connectivity index (χ1n) is 9.85. The minimum absolute atomic E-state index is 0.105. The van der Waals surface area contributed by atoms with Crippen molar-refractivity contribution in [1.29, 1.82) is 0 Å². The van der Waals surface area contributed by atoms with Crippen LogP contribution in [0.15, 0.2) is 30.3 Å². The van der Waals surface area contributed by atoms with Crippen molar-refractivity contribution in [3.05, 3.63) is 35.9 Å². The highest BCUT2D eigenvalue weighted by Crippen LogP contribution is 2.38. The van der Waals surface area contributed by atoms with E-state index in [0.29, 0.717) is 18.7 Å². The molecule has 1 atom stereocenters. The molecule has 2 amide bonds. The first kappa shape index (κ1) is 18.9. The van der Waals surface area contributed by atoms with Crippen molar-refractivity contribution in [1.82, 2.24) is 15.1 Å². The van der Waals surface area contributed by atoms with E-state index in [1.807, 2.05) is 6.07 Å². The molecular formula is C21H31N3O2. The second-order valence-corrected chi connectivity index (χ2v) is 7.85. The van der Waals surface area contributed by atoms with Crippen molar-refractivity contribution in [2.24, 2.45) is 5.41 Å². The summed E-state index contributed by atoms with van der Waals surface area (Å²) < 4.78 is 0. The molecule has 1 aromatic carbocycles. The summed E-state index contributed by atoms with van der Waals surface area (Å²) >= 11 is 0. The Morgan fingerprint density at radius 1 is 1.15 bits per heavy atom. The van der Waals surface area contributed by atoms with Gasteiger partial charge in [0.1, 0.15) is 0 Å². The van der Waals surface area contributed by atoms with Crippen LogP contribution in [0, 0.1) is 5.41 Å². The molecule has 0 aliphatic carbocycles. The smallest absolute Gasteiger partial charge is 0.222 e. The Morgan fingerprint density at radius 2 is 1.96 bits per heavy atom. The summed E-state index contributed by atoms with van der Waals surface area (Å²) in [5.41, 5.74) is 1.50. The van der Waals surface area contributed by atoms with E-state index in [2.05, 4.69) is 39.4 Å². The lowest BCUT2D eigenvalue weighted by Crippen LogP contribution is -2.54. The average molecular weight is 357 g/mol. The number of hydrogen-bond donors (Lipinski definition) is 1. The predicted octanol–water partition coefficient (Wildman–Crippen LogP) is 2.07. The molecule has 2 heterocycles. The van der Waals surface area contributed by atoms with E-state index in [4.69, 9.17) is 0 Å². The summed E-state index contributed by atoms with van der Waals surface area (Å²) in [6.45, 7) is 4.58. The molecule has 2 aliphatic heterocycles. The molecule has 0 radical (unpaired) electrons. The zero-order valence-electron chi connectivity index (χ0n) is 15.9. The van der Waals surface area contributed by atoms with Crippen LogP contribution in [-0.4, -0.2) is 61.4 Å². The van der Waals surface area contributed by atoms with Gasteiger partial charge in [-0.3, -0.25) is 9.59 Å². The van der Waals surface area contributed by atoms with Crippen LogP contribution in [0.5, 0.6) is 0 Å². The van der Waals surface area contributed by atoms with Crippen molar-refractivity contribution in [2.75, 3.05) is 39.8 Å². The number of carbonyl (C=O) groups excluding carboxylic acids is 2. The van der Waals surface area contributed by atoms with Crippen molar-refractivity contribution >= 4 is 11.8 Å². The van der Waals surface area contributed by atoms with Gasteiger partial charge in [0.2, 0.25) is 11.8 Å². The molecule has 26 heavy (non-hydrogen) atoms. The number of carbonyl (C=O) groups is 2. The molecule has 3 rings (SSSR count). The Kier molecular flexibility index (Phi) is 6.30. The monoisotopic (exact) mass is 357 g/mol. The first-order valence-corrected chi connectivity index (χ1v) is 9.85. The summed E-state index contributed by atoms with van der Waals surface area (Å²) in [6, 6.07) is 10.4. The predicted molar refractivity (Wildman–Crippen MR) is 103 cm³/mol. The van der Waals surface area contributed by atoms with Crippen molar-refractivity contribution in [3.63, 3.8) is 0 Å². The van der Waals surface area contributed by atoms with E-state index in [9.17, 15) is 9.59 Å². The number of benzene rings is 1. The summed E-state index contributed by atoms with van der Waals surface area (Å²) in [5.74, 6) is 0.405. The van der Waals surface area contributed by atoms with Crippen LogP contribution >= 0.6 is 0 Å². The third-order valence-electron chi connectivity index (χ3n) is 5.94. The Morgan fingerprint density at radius 3 is 2.73 bits per heavy atom. The van der Waals surface area contributed by atoms with Crippen LogP contribution in [0.25, 0.3) is 0 Å². The van der Waals surface area contributed by atoms with Gasteiger partial charge in [0, 0.05) is 51.5 Å². The maximum absolute atomic E-state index is 12.4. The van der Waals surface area contributed by atoms with Gasteiger partial charge in [-0.15, -0.1) is 0 Å². The fourth-order valence-corrected chi connectivity index (χ4v) is 4.43. The lowest BCUT2D eigenvalue weighted by atomic mass is 9.73. The highest BCUT2D eigenvalue weighted by atomic mass is 16.2. The van der Waals surface area contributed by atoms with E-state index in [-0.39, 0.29) is 11.3 Å². The Bertz CT molecular complexity index is 619. The molecule has 5 heteroatoms. The van der Waals surface area contributed by atoms with Gasteiger partial charge in [0.05, 0.1) is 0 Å². The number of nitrogens with one attached hydrogen (secondary N) is 1. The molecule has 5 nitrogen and oxygen atoms in total. The van der Waals surface area contributed by atoms with Crippen LogP contribution in [0.1, 0.15) is 37.7 Å². The number of amides is 2. The molecule has 0 unspecified atom stereocenters. The molecule has 0 aromatic heterocycles. The minimum atomic E-state index is 0.105. The Hall–Kier alpha value is -1.88. The van der Waals surface area contributed by atoms with Gasteiger partial charge in [-0.1, -0.05) is 30.3 Å². The quantitative estimate of drug-likeness (QED) is 0.848. The molecule has 1 N–H and O–H groups in total. The van der Waals surface area contributed by atoms with Crippen LogP contribution in [0.2, 0.25) is 0 Å². The van der Waals surface area contributed by atoms with Crippen molar-refractivity contribution < 1.29 is 9.59 Å². The first-order chi connectivity index (χ1) is 12.6. The summed E-state index contributed by atoms with van der Waals surface area (Å²) in [5, 5.41) is 2.70. The molecule has 1 spiro atoms. The zero-order chi connectivity index (χ0) is 18.4. The van der Waals surface area contributed by atoms with Gasteiger partial charge in [-0.05, 0) is 37.8 Å². The normalized spacial score (nSPS) is 24.0. The number of rotatable bonds is 6. The van der Waals surface area contributed by atoms with Gasteiger partial charge >= 0.3 is 0 Å². The van der Waals surface area contributed by atoms with Crippen molar-refractivity contribution in [3.8, 4) is 0 Å².